The normalized spacial score (nSPS) is 11.4. The van der Waals surface area contributed by atoms with Crippen molar-refractivity contribution >= 4 is 46.5 Å². The zero-order chi connectivity index (χ0) is 18.5. The highest BCUT2D eigenvalue weighted by molar-refractivity contribution is 7.18. The molecule has 0 atom stereocenters. The summed E-state index contributed by atoms with van der Waals surface area (Å²) in [5, 5.41) is 11.1. The first kappa shape index (κ1) is 18.0. The van der Waals surface area contributed by atoms with E-state index >= 15 is 0 Å². The second-order valence-electron chi connectivity index (χ2n) is 5.18. The molecule has 0 amide bonds. The number of carbonyl (C=O) groups is 2. The van der Waals surface area contributed by atoms with Gasteiger partial charge in [-0.1, -0.05) is 41.9 Å². The third kappa shape index (κ3) is 4.22. The zero-order valence-electron chi connectivity index (χ0n) is 13.6. The topological polar surface area (TPSA) is 87.0 Å². The van der Waals surface area contributed by atoms with Crippen LogP contribution in [-0.2, 0) is 9.53 Å². The van der Waals surface area contributed by atoms with E-state index in [1.165, 1.54) is 4.68 Å². The molecule has 0 N–H and O–H groups in total. The second-order valence-corrected chi connectivity index (χ2v) is 6.90. The first-order valence-corrected chi connectivity index (χ1v) is 8.72. The van der Waals surface area contributed by atoms with Crippen molar-refractivity contribution < 1.29 is 14.3 Å². The number of ketones is 1. The quantitative estimate of drug-likeness (QED) is 0.366. The van der Waals surface area contributed by atoms with E-state index in [-0.39, 0.29) is 11.5 Å². The highest BCUT2D eigenvalue weighted by atomic mass is 35.5. The predicted octanol–water partition coefficient (Wildman–Crippen LogP) is 3.12. The number of benzene rings is 1. The number of Topliss-reactive ketones (excluding diaryl/α,β-unsaturated/α-hetero) is 1. The fourth-order valence-corrected chi connectivity index (χ4v) is 3.08. The molecule has 0 unspecified atom stereocenters. The minimum Gasteiger partial charge on any atom is -0.453 e. The van der Waals surface area contributed by atoms with Crippen molar-refractivity contribution in [3.63, 3.8) is 0 Å². The lowest BCUT2D eigenvalue weighted by atomic mass is 10.2. The number of carbonyl (C=O) groups excluding carboxylic acids is 2. The highest BCUT2D eigenvalue weighted by Gasteiger charge is 2.20. The van der Waals surface area contributed by atoms with Crippen molar-refractivity contribution in [2.45, 2.75) is 6.92 Å². The standard InChI is InChI=1S/C17H13ClN4O3S/c1-11-19-20-21-22(11)13(9-12-5-3-2-4-6-12)17(24)25-10-14(23)15-7-8-16(18)26-15/h2-9H,10H2,1H3. The number of aryl methyl sites for hydroxylation is 1. The molecule has 9 heteroatoms. The minimum atomic E-state index is -0.708. The third-order valence-corrected chi connectivity index (χ3v) is 4.62. The van der Waals surface area contributed by atoms with Crippen LogP contribution in [0.1, 0.15) is 21.1 Å². The van der Waals surface area contributed by atoms with Crippen LogP contribution in [0.5, 0.6) is 0 Å². The Balaban J connectivity index is 1.80. The van der Waals surface area contributed by atoms with E-state index in [2.05, 4.69) is 15.5 Å². The Kier molecular flexibility index (Phi) is 5.55. The van der Waals surface area contributed by atoms with Gasteiger partial charge < -0.3 is 4.74 Å². The van der Waals surface area contributed by atoms with Gasteiger partial charge in [-0.05, 0) is 41.1 Å². The van der Waals surface area contributed by atoms with Crippen molar-refractivity contribution in [1.29, 1.82) is 0 Å². The van der Waals surface area contributed by atoms with Crippen LogP contribution in [0.4, 0.5) is 0 Å². The molecule has 0 fully saturated rings. The fraction of sp³-hybridized carbons (Fsp3) is 0.118. The molecule has 26 heavy (non-hydrogen) atoms. The number of thiophene rings is 1. The number of tetrazole rings is 1. The zero-order valence-corrected chi connectivity index (χ0v) is 15.2. The lowest BCUT2D eigenvalue weighted by molar-refractivity contribution is -0.136. The summed E-state index contributed by atoms with van der Waals surface area (Å²) >= 11 is 6.95. The third-order valence-electron chi connectivity index (χ3n) is 3.35. The largest absolute Gasteiger partial charge is 0.453 e. The van der Waals surface area contributed by atoms with Crippen LogP contribution in [0.25, 0.3) is 11.8 Å². The molecule has 0 aliphatic heterocycles. The molecule has 3 aromatic rings. The van der Waals surface area contributed by atoms with Gasteiger partial charge in [-0.15, -0.1) is 16.4 Å². The monoisotopic (exact) mass is 388 g/mol. The Labute approximate surface area is 157 Å². The molecule has 0 saturated heterocycles. The molecule has 0 aliphatic carbocycles. The average Bonchev–Trinajstić information content (AvgIpc) is 3.26. The van der Waals surface area contributed by atoms with Crippen molar-refractivity contribution in [3.05, 3.63) is 63.1 Å². The van der Waals surface area contributed by atoms with Crippen LogP contribution in [0, 0.1) is 6.92 Å². The van der Waals surface area contributed by atoms with E-state index in [0.717, 1.165) is 16.9 Å². The number of halogens is 1. The molecule has 132 valence electrons. The van der Waals surface area contributed by atoms with E-state index in [9.17, 15) is 9.59 Å². The molecule has 1 aromatic carbocycles. The molecular weight excluding hydrogens is 376 g/mol. The first-order chi connectivity index (χ1) is 12.5. The molecule has 2 heterocycles. The Morgan fingerprint density at radius 2 is 2.00 bits per heavy atom. The Bertz CT molecular complexity index is 965. The number of nitrogens with zero attached hydrogens (tertiary/aromatic N) is 4. The Morgan fingerprint density at radius 3 is 2.62 bits per heavy atom. The van der Waals surface area contributed by atoms with Gasteiger partial charge in [-0.2, -0.15) is 4.68 Å². The summed E-state index contributed by atoms with van der Waals surface area (Å²) < 4.78 is 6.93. The molecule has 0 radical (unpaired) electrons. The molecule has 0 saturated carbocycles. The van der Waals surface area contributed by atoms with Crippen LogP contribution in [-0.4, -0.2) is 38.6 Å². The maximum atomic E-state index is 12.6. The number of aromatic nitrogens is 4. The van der Waals surface area contributed by atoms with E-state index in [1.807, 2.05) is 30.3 Å². The fourth-order valence-electron chi connectivity index (χ4n) is 2.11. The maximum absolute atomic E-state index is 12.6. The predicted molar refractivity (Wildman–Crippen MR) is 97.8 cm³/mol. The summed E-state index contributed by atoms with van der Waals surface area (Å²) in [6, 6.07) is 12.4. The summed E-state index contributed by atoms with van der Waals surface area (Å²) in [4.78, 5) is 25.1. The van der Waals surface area contributed by atoms with Gasteiger partial charge in [0.2, 0.25) is 5.78 Å². The SMILES string of the molecule is Cc1nnnn1C(=Cc1ccccc1)C(=O)OCC(=O)c1ccc(Cl)s1. The molecule has 0 aliphatic rings. The van der Waals surface area contributed by atoms with Crippen molar-refractivity contribution in [2.24, 2.45) is 0 Å². The number of ether oxygens (including phenoxy) is 1. The van der Waals surface area contributed by atoms with Gasteiger partial charge in [0.15, 0.2) is 18.1 Å². The second kappa shape index (κ2) is 8.03. The van der Waals surface area contributed by atoms with Crippen molar-refractivity contribution in [3.8, 4) is 0 Å². The van der Waals surface area contributed by atoms with Crippen LogP contribution in [0.2, 0.25) is 4.34 Å². The lowest BCUT2D eigenvalue weighted by Gasteiger charge is -2.08. The molecule has 0 spiro atoms. The molecule has 7 nitrogen and oxygen atoms in total. The van der Waals surface area contributed by atoms with Crippen LogP contribution >= 0.6 is 22.9 Å². The minimum absolute atomic E-state index is 0.107. The molecule has 2 aromatic heterocycles. The van der Waals surface area contributed by atoms with E-state index in [1.54, 1.807) is 25.1 Å². The van der Waals surface area contributed by atoms with Crippen LogP contribution in [0.3, 0.4) is 0 Å². The van der Waals surface area contributed by atoms with Crippen molar-refractivity contribution in [2.75, 3.05) is 6.61 Å². The average molecular weight is 389 g/mol. The Hall–Kier alpha value is -2.84. The van der Waals surface area contributed by atoms with Gasteiger partial charge in [0.05, 0.1) is 9.21 Å². The summed E-state index contributed by atoms with van der Waals surface area (Å²) in [5.41, 5.74) is 0.876. The maximum Gasteiger partial charge on any atom is 0.357 e. The van der Waals surface area contributed by atoms with Crippen LogP contribution in [0.15, 0.2) is 42.5 Å². The smallest absolute Gasteiger partial charge is 0.357 e. The number of hydrogen-bond acceptors (Lipinski definition) is 7. The Morgan fingerprint density at radius 1 is 1.23 bits per heavy atom. The summed E-state index contributed by atoms with van der Waals surface area (Å²) in [6.45, 7) is 1.26. The van der Waals surface area contributed by atoms with E-state index in [0.29, 0.717) is 15.0 Å². The van der Waals surface area contributed by atoms with E-state index in [4.69, 9.17) is 16.3 Å². The van der Waals surface area contributed by atoms with E-state index < -0.39 is 12.6 Å². The number of hydrogen-bond donors (Lipinski definition) is 0. The van der Waals surface area contributed by atoms with Gasteiger partial charge in [0.25, 0.3) is 0 Å². The summed E-state index contributed by atoms with van der Waals surface area (Å²) in [6.07, 6.45) is 1.60. The summed E-state index contributed by atoms with van der Waals surface area (Å²) in [7, 11) is 0. The summed E-state index contributed by atoms with van der Waals surface area (Å²) in [5.74, 6) is -0.622. The number of rotatable bonds is 6. The van der Waals surface area contributed by atoms with Gasteiger partial charge in [-0.3, -0.25) is 4.79 Å². The van der Waals surface area contributed by atoms with Gasteiger partial charge in [0.1, 0.15) is 0 Å². The highest BCUT2D eigenvalue weighted by Crippen LogP contribution is 2.22. The molecule has 0 bridgehead atoms. The number of esters is 1. The van der Waals surface area contributed by atoms with Gasteiger partial charge in [-0.25, -0.2) is 4.79 Å². The van der Waals surface area contributed by atoms with Gasteiger partial charge in [0, 0.05) is 0 Å². The first-order valence-electron chi connectivity index (χ1n) is 7.52. The van der Waals surface area contributed by atoms with Gasteiger partial charge >= 0.3 is 5.97 Å². The van der Waals surface area contributed by atoms with Crippen LogP contribution < -0.4 is 0 Å². The molecule has 3 rings (SSSR count). The lowest BCUT2D eigenvalue weighted by Crippen LogP contribution is -2.18. The van der Waals surface area contributed by atoms with Crippen molar-refractivity contribution in [1.82, 2.24) is 20.2 Å². The molecular formula is C17H13ClN4O3S.